The zero-order chi connectivity index (χ0) is 15.2. The second-order valence-electron chi connectivity index (χ2n) is 4.09. The molecule has 0 spiro atoms. The lowest BCUT2D eigenvalue weighted by Gasteiger charge is -2.05. The van der Waals surface area contributed by atoms with Crippen molar-refractivity contribution in [1.29, 1.82) is 0 Å². The van der Waals surface area contributed by atoms with Gasteiger partial charge in [-0.2, -0.15) is 0 Å². The van der Waals surface area contributed by atoms with Gasteiger partial charge in [-0.3, -0.25) is 14.9 Å². The normalized spacial score (nSPS) is 10.1. The van der Waals surface area contributed by atoms with Gasteiger partial charge in [0.05, 0.1) is 10.7 Å². The van der Waals surface area contributed by atoms with Crippen LogP contribution in [0.3, 0.4) is 0 Å². The molecule has 2 rings (SSSR count). The van der Waals surface area contributed by atoms with Crippen LogP contribution in [-0.4, -0.2) is 16.6 Å². The third-order valence-corrected chi connectivity index (χ3v) is 3.81. The van der Waals surface area contributed by atoms with Gasteiger partial charge in [-0.05, 0) is 36.4 Å². The number of halogens is 1. The largest absolute Gasteiger partial charge is 0.325 e. The monoisotopic (exact) mass is 322 g/mol. The SMILES string of the molecule is O=C(CSc1ccc(Cl)cc1)Nc1ccc([N+](=O)[O-])cc1. The molecule has 0 heterocycles. The average molecular weight is 323 g/mol. The molecule has 0 aliphatic heterocycles. The van der Waals surface area contributed by atoms with E-state index in [-0.39, 0.29) is 17.3 Å². The summed E-state index contributed by atoms with van der Waals surface area (Å²) < 4.78 is 0. The molecule has 7 heteroatoms. The molecule has 5 nitrogen and oxygen atoms in total. The maximum atomic E-state index is 11.8. The maximum absolute atomic E-state index is 11.8. The first-order valence-corrected chi connectivity index (χ1v) is 7.33. The first-order valence-electron chi connectivity index (χ1n) is 5.97. The molecule has 0 radical (unpaired) electrons. The molecule has 1 amide bonds. The van der Waals surface area contributed by atoms with Gasteiger partial charge < -0.3 is 5.32 Å². The van der Waals surface area contributed by atoms with Gasteiger partial charge in [0.25, 0.3) is 5.69 Å². The summed E-state index contributed by atoms with van der Waals surface area (Å²) in [6, 6.07) is 12.9. The highest BCUT2D eigenvalue weighted by Gasteiger charge is 2.07. The summed E-state index contributed by atoms with van der Waals surface area (Å²) in [5.41, 5.74) is 0.519. The van der Waals surface area contributed by atoms with Gasteiger partial charge in [-0.15, -0.1) is 11.8 Å². The fraction of sp³-hybridized carbons (Fsp3) is 0.0714. The Hall–Kier alpha value is -2.05. The van der Waals surface area contributed by atoms with Crippen molar-refractivity contribution in [2.75, 3.05) is 11.1 Å². The number of nitrogens with one attached hydrogen (secondary N) is 1. The Bertz CT molecular complexity index is 644. The summed E-state index contributed by atoms with van der Waals surface area (Å²) in [5.74, 6) is 0.0716. The predicted octanol–water partition coefficient (Wildman–Crippen LogP) is 3.98. The summed E-state index contributed by atoms with van der Waals surface area (Å²) >= 11 is 7.17. The second-order valence-corrected chi connectivity index (χ2v) is 5.58. The van der Waals surface area contributed by atoms with Crippen LogP contribution in [0.1, 0.15) is 0 Å². The molecule has 0 aliphatic rings. The van der Waals surface area contributed by atoms with E-state index in [0.717, 1.165) is 4.90 Å². The van der Waals surface area contributed by atoms with Crippen LogP contribution < -0.4 is 5.32 Å². The first-order chi connectivity index (χ1) is 10.0. The van der Waals surface area contributed by atoms with Crippen LogP contribution >= 0.6 is 23.4 Å². The number of hydrogen-bond donors (Lipinski definition) is 1. The summed E-state index contributed by atoms with van der Waals surface area (Å²) in [6.45, 7) is 0. The number of nitro groups is 1. The Kier molecular flexibility index (Phi) is 5.19. The molecule has 108 valence electrons. The van der Waals surface area contributed by atoms with E-state index in [1.54, 1.807) is 12.1 Å². The molecule has 0 atom stereocenters. The van der Waals surface area contributed by atoms with E-state index in [1.807, 2.05) is 12.1 Å². The molecule has 0 aromatic heterocycles. The summed E-state index contributed by atoms with van der Waals surface area (Å²) in [7, 11) is 0. The quantitative estimate of drug-likeness (QED) is 0.513. The molecule has 2 aromatic carbocycles. The third kappa shape index (κ3) is 4.77. The van der Waals surface area contributed by atoms with E-state index in [4.69, 9.17) is 11.6 Å². The molecule has 0 aliphatic carbocycles. The van der Waals surface area contributed by atoms with E-state index in [0.29, 0.717) is 10.7 Å². The summed E-state index contributed by atoms with van der Waals surface area (Å²) in [5, 5.41) is 13.9. The average Bonchev–Trinajstić information content (AvgIpc) is 2.47. The Labute approximate surface area is 130 Å². The van der Waals surface area contributed by atoms with Crippen LogP contribution in [0.15, 0.2) is 53.4 Å². The molecule has 0 unspecified atom stereocenters. The van der Waals surface area contributed by atoms with Crippen LogP contribution in [-0.2, 0) is 4.79 Å². The van der Waals surface area contributed by atoms with Crippen LogP contribution in [0.4, 0.5) is 11.4 Å². The Morgan fingerprint density at radius 2 is 1.76 bits per heavy atom. The molecule has 0 saturated heterocycles. The van der Waals surface area contributed by atoms with Crippen molar-refractivity contribution in [3.05, 3.63) is 63.7 Å². The van der Waals surface area contributed by atoms with Gasteiger partial charge in [0, 0.05) is 27.7 Å². The number of nitrogens with zero attached hydrogens (tertiary/aromatic N) is 1. The fourth-order valence-electron chi connectivity index (χ4n) is 1.54. The van der Waals surface area contributed by atoms with E-state index < -0.39 is 4.92 Å². The number of nitro benzene ring substituents is 1. The topological polar surface area (TPSA) is 72.2 Å². The number of non-ortho nitro benzene ring substituents is 1. The Morgan fingerprint density at radius 1 is 1.14 bits per heavy atom. The van der Waals surface area contributed by atoms with Gasteiger partial charge >= 0.3 is 0 Å². The van der Waals surface area contributed by atoms with Crippen LogP contribution in [0, 0.1) is 10.1 Å². The minimum absolute atomic E-state index is 0.0106. The van der Waals surface area contributed by atoms with Crippen molar-refractivity contribution in [3.63, 3.8) is 0 Å². The summed E-state index contributed by atoms with van der Waals surface area (Å²) in [6.07, 6.45) is 0. The molecule has 0 fully saturated rings. The first kappa shape index (κ1) is 15.3. The highest BCUT2D eigenvalue weighted by Crippen LogP contribution is 2.21. The standard InChI is InChI=1S/C14H11ClN2O3S/c15-10-1-7-13(8-2-10)21-9-14(18)16-11-3-5-12(6-4-11)17(19)20/h1-8H,9H2,(H,16,18). The number of carbonyl (C=O) groups is 1. The molecular weight excluding hydrogens is 312 g/mol. The summed E-state index contributed by atoms with van der Waals surface area (Å²) in [4.78, 5) is 22.8. The number of hydrogen-bond acceptors (Lipinski definition) is 4. The molecule has 0 bridgehead atoms. The fourth-order valence-corrected chi connectivity index (χ4v) is 2.37. The lowest BCUT2D eigenvalue weighted by atomic mass is 10.3. The van der Waals surface area contributed by atoms with Gasteiger partial charge in [0.2, 0.25) is 5.91 Å². The molecule has 0 saturated carbocycles. The van der Waals surface area contributed by atoms with Crippen molar-refractivity contribution >= 4 is 40.6 Å². The van der Waals surface area contributed by atoms with Crippen LogP contribution in [0.2, 0.25) is 5.02 Å². The van der Waals surface area contributed by atoms with Crippen LogP contribution in [0.25, 0.3) is 0 Å². The van der Waals surface area contributed by atoms with Crippen molar-refractivity contribution in [1.82, 2.24) is 0 Å². The van der Waals surface area contributed by atoms with E-state index in [2.05, 4.69) is 5.32 Å². The van der Waals surface area contributed by atoms with Gasteiger partial charge in [0.15, 0.2) is 0 Å². The zero-order valence-electron chi connectivity index (χ0n) is 10.8. The van der Waals surface area contributed by atoms with E-state index in [9.17, 15) is 14.9 Å². The lowest BCUT2D eigenvalue weighted by Crippen LogP contribution is -2.13. The van der Waals surface area contributed by atoms with Crippen LogP contribution in [0.5, 0.6) is 0 Å². The number of thioether (sulfide) groups is 1. The lowest BCUT2D eigenvalue weighted by molar-refractivity contribution is -0.384. The minimum Gasteiger partial charge on any atom is -0.325 e. The van der Waals surface area contributed by atoms with Crippen molar-refractivity contribution in [2.24, 2.45) is 0 Å². The highest BCUT2D eigenvalue weighted by atomic mass is 35.5. The Balaban J connectivity index is 1.86. The molecule has 1 N–H and O–H groups in total. The van der Waals surface area contributed by atoms with Gasteiger partial charge in [0.1, 0.15) is 0 Å². The van der Waals surface area contributed by atoms with E-state index in [1.165, 1.54) is 36.0 Å². The maximum Gasteiger partial charge on any atom is 0.269 e. The van der Waals surface area contributed by atoms with Crippen molar-refractivity contribution in [3.8, 4) is 0 Å². The van der Waals surface area contributed by atoms with Gasteiger partial charge in [-0.25, -0.2) is 0 Å². The highest BCUT2D eigenvalue weighted by molar-refractivity contribution is 8.00. The Morgan fingerprint density at radius 3 is 2.33 bits per heavy atom. The number of benzene rings is 2. The predicted molar refractivity (Wildman–Crippen MR) is 83.9 cm³/mol. The third-order valence-electron chi connectivity index (χ3n) is 2.55. The molecule has 21 heavy (non-hydrogen) atoms. The second kappa shape index (κ2) is 7.10. The molecular formula is C14H11ClN2O3S. The van der Waals surface area contributed by atoms with E-state index >= 15 is 0 Å². The molecule has 2 aromatic rings. The zero-order valence-corrected chi connectivity index (χ0v) is 12.4. The van der Waals surface area contributed by atoms with Crippen molar-refractivity contribution < 1.29 is 9.72 Å². The minimum atomic E-state index is -0.484. The van der Waals surface area contributed by atoms with Crippen molar-refractivity contribution in [2.45, 2.75) is 4.90 Å². The smallest absolute Gasteiger partial charge is 0.269 e. The number of anilines is 1. The van der Waals surface area contributed by atoms with Gasteiger partial charge in [-0.1, -0.05) is 11.6 Å². The number of rotatable bonds is 5. The number of amides is 1. The number of carbonyl (C=O) groups excluding carboxylic acids is 1.